The van der Waals surface area contributed by atoms with Gasteiger partial charge in [0.05, 0.1) is 18.6 Å². The van der Waals surface area contributed by atoms with E-state index in [0.29, 0.717) is 19.0 Å². The van der Waals surface area contributed by atoms with E-state index in [0.717, 1.165) is 12.0 Å². The van der Waals surface area contributed by atoms with E-state index in [-0.39, 0.29) is 11.3 Å². The number of hydrogen-bond acceptors (Lipinski definition) is 3. The molecule has 0 unspecified atom stereocenters. The summed E-state index contributed by atoms with van der Waals surface area (Å²) in [5, 5.41) is 2.83. The summed E-state index contributed by atoms with van der Waals surface area (Å²) >= 11 is 0. The third-order valence-electron chi connectivity index (χ3n) is 3.07. The van der Waals surface area contributed by atoms with Crippen molar-refractivity contribution in [3.05, 3.63) is 23.9 Å². The van der Waals surface area contributed by atoms with Crippen molar-refractivity contribution in [2.75, 3.05) is 18.5 Å². The Morgan fingerprint density at radius 1 is 1.56 bits per heavy atom. The summed E-state index contributed by atoms with van der Waals surface area (Å²) in [5.41, 5.74) is 0.738. The molecule has 1 fully saturated rings. The lowest BCUT2D eigenvalue weighted by molar-refractivity contribution is -0.156. The molecule has 0 atom stereocenters. The van der Waals surface area contributed by atoms with Gasteiger partial charge in [0, 0.05) is 6.20 Å². The molecule has 1 N–H and O–H groups in total. The summed E-state index contributed by atoms with van der Waals surface area (Å²) in [6.07, 6.45) is 2.54. The van der Waals surface area contributed by atoms with Crippen LogP contribution >= 0.6 is 0 Å². The van der Waals surface area contributed by atoms with E-state index in [1.54, 1.807) is 6.20 Å². The molecule has 4 heteroatoms. The molecule has 0 radical (unpaired) electrons. The Balaban J connectivity index is 2.04. The third kappa shape index (κ3) is 1.93. The number of aryl methyl sites for hydroxylation is 1. The normalized spacial score (nSPS) is 17.6. The highest BCUT2D eigenvalue weighted by Crippen LogP contribution is 2.32. The van der Waals surface area contributed by atoms with E-state index in [1.165, 1.54) is 0 Å². The molecule has 0 aromatic carbocycles. The Bertz CT molecular complexity index is 377. The maximum Gasteiger partial charge on any atom is 0.236 e. The Morgan fingerprint density at radius 3 is 2.75 bits per heavy atom. The fraction of sp³-hybridized carbons (Fsp3) is 0.500. The molecule has 1 aromatic heterocycles. The molecule has 4 nitrogen and oxygen atoms in total. The Kier molecular flexibility index (Phi) is 2.92. The van der Waals surface area contributed by atoms with Gasteiger partial charge in [-0.15, -0.1) is 0 Å². The first-order chi connectivity index (χ1) is 7.66. The van der Waals surface area contributed by atoms with Crippen LogP contribution in [0.25, 0.3) is 0 Å². The fourth-order valence-electron chi connectivity index (χ4n) is 1.63. The number of carbonyl (C=O) groups is 1. The molecule has 0 saturated carbocycles. The molecule has 86 valence electrons. The van der Waals surface area contributed by atoms with E-state index in [1.807, 2.05) is 26.0 Å². The van der Waals surface area contributed by atoms with E-state index in [9.17, 15) is 4.79 Å². The van der Waals surface area contributed by atoms with Crippen molar-refractivity contribution in [3.63, 3.8) is 0 Å². The Labute approximate surface area is 95.0 Å². The predicted octanol–water partition coefficient (Wildman–Crippen LogP) is 1.76. The minimum atomic E-state index is -0.341. The van der Waals surface area contributed by atoms with Gasteiger partial charge in [-0.25, -0.2) is 4.98 Å². The summed E-state index contributed by atoms with van der Waals surface area (Å²) in [6, 6.07) is 3.74. The minimum Gasteiger partial charge on any atom is -0.379 e. The number of carbonyl (C=O) groups excluding carboxylic acids is 1. The van der Waals surface area contributed by atoms with Gasteiger partial charge < -0.3 is 10.1 Å². The zero-order valence-electron chi connectivity index (χ0n) is 9.62. The summed E-state index contributed by atoms with van der Waals surface area (Å²) in [7, 11) is 0. The van der Waals surface area contributed by atoms with Crippen LogP contribution in [0, 0.1) is 12.3 Å². The third-order valence-corrected chi connectivity index (χ3v) is 3.07. The highest BCUT2D eigenvalue weighted by molar-refractivity contribution is 5.95. The van der Waals surface area contributed by atoms with Gasteiger partial charge in [-0.1, -0.05) is 13.0 Å². The maximum absolute atomic E-state index is 12.0. The minimum absolute atomic E-state index is 0.0117. The number of nitrogens with zero attached hydrogens (tertiary/aromatic N) is 1. The van der Waals surface area contributed by atoms with Crippen LogP contribution in [0.2, 0.25) is 0 Å². The summed E-state index contributed by atoms with van der Waals surface area (Å²) in [5.74, 6) is 0.618. The second-order valence-corrected chi connectivity index (χ2v) is 4.30. The number of rotatable bonds is 3. The van der Waals surface area contributed by atoms with Crippen LogP contribution in [0.5, 0.6) is 0 Å². The van der Waals surface area contributed by atoms with Crippen molar-refractivity contribution in [1.29, 1.82) is 0 Å². The van der Waals surface area contributed by atoms with Gasteiger partial charge in [0.25, 0.3) is 0 Å². The van der Waals surface area contributed by atoms with Gasteiger partial charge in [-0.3, -0.25) is 4.79 Å². The van der Waals surface area contributed by atoms with Crippen molar-refractivity contribution < 1.29 is 9.53 Å². The van der Waals surface area contributed by atoms with Crippen LogP contribution in [0.4, 0.5) is 5.82 Å². The zero-order valence-corrected chi connectivity index (χ0v) is 9.62. The number of anilines is 1. The fourth-order valence-corrected chi connectivity index (χ4v) is 1.63. The standard InChI is InChI=1S/C12H16N2O2/c1-3-12(7-16-8-12)11(15)14-10-5-4-9(2)6-13-10/h4-6H,3,7-8H2,1-2H3,(H,13,14,15). The van der Waals surface area contributed by atoms with E-state index < -0.39 is 0 Å². The lowest BCUT2D eigenvalue weighted by Gasteiger charge is -2.38. The molecule has 1 aliphatic heterocycles. The number of pyridine rings is 1. The quantitative estimate of drug-likeness (QED) is 0.844. The average Bonchev–Trinajstić information content (AvgIpc) is 2.21. The lowest BCUT2D eigenvalue weighted by Crippen LogP contribution is -2.51. The highest BCUT2D eigenvalue weighted by atomic mass is 16.5. The van der Waals surface area contributed by atoms with Crippen molar-refractivity contribution >= 4 is 11.7 Å². The van der Waals surface area contributed by atoms with Gasteiger partial charge in [0.1, 0.15) is 5.82 Å². The molecular weight excluding hydrogens is 204 g/mol. The van der Waals surface area contributed by atoms with E-state index >= 15 is 0 Å². The van der Waals surface area contributed by atoms with Crippen molar-refractivity contribution in [2.24, 2.45) is 5.41 Å². The SMILES string of the molecule is CCC1(C(=O)Nc2ccc(C)cn2)COC1. The molecule has 2 heterocycles. The Hall–Kier alpha value is -1.42. The molecule has 16 heavy (non-hydrogen) atoms. The molecular formula is C12H16N2O2. The number of hydrogen-bond donors (Lipinski definition) is 1. The lowest BCUT2D eigenvalue weighted by atomic mass is 9.82. The van der Waals surface area contributed by atoms with Gasteiger partial charge in [-0.2, -0.15) is 0 Å². The number of aromatic nitrogens is 1. The molecule has 1 saturated heterocycles. The van der Waals surface area contributed by atoms with E-state index in [4.69, 9.17) is 4.74 Å². The molecule has 1 aliphatic rings. The molecule has 0 bridgehead atoms. The summed E-state index contributed by atoms with van der Waals surface area (Å²) in [6.45, 7) is 5.00. The van der Waals surface area contributed by atoms with Crippen LogP contribution in [0.15, 0.2) is 18.3 Å². The first-order valence-corrected chi connectivity index (χ1v) is 5.48. The number of nitrogens with one attached hydrogen (secondary N) is 1. The largest absolute Gasteiger partial charge is 0.379 e. The second-order valence-electron chi connectivity index (χ2n) is 4.30. The van der Waals surface area contributed by atoms with E-state index in [2.05, 4.69) is 10.3 Å². The van der Waals surface area contributed by atoms with Crippen molar-refractivity contribution in [2.45, 2.75) is 20.3 Å². The number of amides is 1. The Morgan fingerprint density at radius 2 is 2.31 bits per heavy atom. The second kappa shape index (κ2) is 4.22. The molecule has 1 aromatic rings. The van der Waals surface area contributed by atoms with Crippen LogP contribution < -0.4 is 5.32 Å². The van der Waals surface area contributed by atoms with Gasteiger partial charge in [0.2, 0.25) is 5.91 Å². The average molecular weight is 220 g/mol. The van der Waals surface area contributed by atoms with Gasteiger partial charge in [-0.05, 0) is 25.0 Å². The summed E-state index contributed by atoms with van der Waals surface area (Å²) in [4.78, 5) is 16.2. The van der Waals surface area contributed by atoms with Crippen molar-refractivity contribution in [1.82, 2.24) is 4.98 Å². The molecule has 1 amide bonds. The maximum atomic E-state index is 12.0. The zero-order chi connectivity index (χ0) is 11.6. The topological polar surface area (TPSA) is 51.2 Å². The summed E-state index contributed by atoms with van der Waals surface area (Å²) < 4.78 is 5.13. The predicted molar refractivity (Wildman–Crippen MR) is 61.1 cm³/mol. The smallest absolute Gasteiger partial charge is 0.236 e. The molecule has 0 aliphatic carbocycles. The van der Waals surface area contributed by atoms with Gasteiger partial charge in [0.15, 0.2) is 0 Å². The number of ether oxygens (including phenoxy) is 1. The van der Waals surface area contributed by atoms with Crippen LogP contribution in [-0.4, -0.2) is 24.1 Å². The van der Waals surface area contributed by atoms with Crippen LogP contribution in [0.1, 0.15) is 18.9 Å². The molecule has 0 spiro atoms. The molecule has 2 rings (SSSR count). The monoisotopic (exact) mass is 220 g/mol. The highest BCUT2D eigenvalue weighted by Gasteiger charge is 2.44. The van der Waals surface area contributed by atoms with Crippen LogP contribution in [0.3, 0.4) is 0 Å². The first kappa shape index (κ1) is 11.1. The van der Waals surface area contributed by atoms with Crippen molar-refractivity contribution in [3.8, 4) is 0 Å². The van der Waals surface area contributed by atoms with Gasteiger partial charge >= 0.3 is 0 Å². The van der Waals surface area contributed by atoms with Crippen LogP contribution in [-0.2, 0) is 9.53 Å². The first-order valence-electron chi connectivity index (χ1n) is 5.48.